The second-order valence-electron chi connectivity index (χ2n) is 13.8. The van der Waals surface area contributed by atoms with E-state index in [9.17, 15) is 0 Å². The Labute approximate surface area is 316 Å². The topological polar surface area (TPSA) is 16.4 Å². The monoisotopic (exact) mass is 715 g/mol. The predicted molar refractivity (Wildman–Crippen MR) is 220 cm³/mol. The van der Waals surface area contributed by atoms with Crippen molar-refractivity contribution in [1.82, 2.24) is 0 Å². The maximum atomic E-state index is 6.76. The summed E-state index contributed by atoms with van der Waals surface area (Å²) < 4.78 is 6.58. The minimum atomic E-state index is -0.473. The molecule has 53 heavy (non-hydrogen) atoms. The molecule has 0 atom stereocenters. The highest BCUT2D eigenvalue weighted by molar-refractivity contribution is 7.99. The molecule has 2 heterocycles. The van der Waals surface area contributed by atoms with Gasteiger partial charge in [-0.15, -0.1) is 0 Å². The highest BCUT2D eigenvalue weighted by Crippen LogP contribution is 2.63. The van der Waals surface area contributed by atoms with Crippen LogP contribution in [0.15, 0.2) is 196 Å². The second-order valence-corrected chi connectivity index (χ2v) is 15.3. The molecule has 2 aliphatic rings. The van der Waals surface area contributed by atoms with Crippen molar-refractivity contribution in [3.8, 4) is 22.3 Å². The van der Waals surface area contributed by atoms with Gasteiger partial charge < -0.3 is 9.32 Å². The van der Waals surface area contributed by atoms with Crippen molar-refractivity contribution in [3.63, 3.8) is 0 Å². The maximum absolute atomic E-state index is 6.76. The van der Waals surface area contributed by atoms with Crippen molar-refractivity contribution in [2.45, 2.75) is 15.2 Å². The molecule has 0 saturated heterocycles. The van der Waals surface area contributed by atoms with E-state index in [1.165, 1.54) is 43.2 Å². The quantitative estimate of drug-likeness (QED) is 0.180. The summed E-state index contributed by atoms with van der Waals surface area (Å²) in [6, 6.07) is 65.4. The zero-order chi connectivity index (χ0) is 35.1. The Hall–Kier alpha value is -6.00. The Kier molecular flexibility index (Phi) is 6.79. The normalized spacial score (nSPS) is 13.5. The van der Waals surface area contributed by atoms with E-state index >= 15 is 0 Å². The largest absolute Gasteiger partial charge is 0.455 e. The van der Waals surface area contributed by atoms with E-state index in [-0.39, 0.29) is 0 Å². The van der Waals surface area contributed by atoms with E-state index in [1.807, 2.05) is 23.9 Å². The third-order valence-electron chi connectivity index (χ3n) is 11.0. The molecule has 1 aliphatic heterocycles. The number of anilines is 3. The highest BCUT2D eigenvalue weighted by Gasteiger charge is 2.50. The van der Waals surface area contributed by atoms with E-state index in [0.717, 1.165) is 55.2 Å². The van der Waals surface area contributed by atoms with Gasteiger partial charge in [0.1, 0.15) is 11.2 Å². The first kappa shape index (κ1) is 30.6. The molecule has 1 spiro atoms. The van der Waals surface area contributed by atoms with Crippen LogP contribution < -0.4 is 4.90 Å². The van der Waals surface area contributed by atoms with Gasteiger partial charge in [0, 0.05) is 48.2 Å². The Morgan fingerprint density at radius 2 is 1.08 bits per heavy atom. The summed E-state index contributed by atoms with van der Waals surface area (Å²) in [6.45, 7) is 0. The Balaban J connectivity index is 1.18. The summed E-state index contributed by atoms with van der Waals surface area (Å²) in [4.78, 5) is 4.77. The number of hydrogen-bond donors (Lipinski definition) is 0. The lowest BCUT2D eigenvalue weighted by Gasteiger charge is -2.40. The summed E-state index contributed by atoms with van der Waals surface area (Å²) in [6.07, 6.45) is 0. The van der Waals surface area contributed by atoms with Gasteiger partial charge in [-0.2, -0.15) is 0 Å². The molecule has 8 aromatic carbocycles. The van der Waals surface area contributed by atoms with Crippen molar-refractivity contribution >= 4 is 62.4 Å². The molecule has 11 rings (SSSR count). The van der Waals surface area contributed by atoms with Crippen LogP contribution in [0.25, 0.3) is 44.2 Å². The lowest BCUT2D eigenvalue weighted by molar-refractivity contribution is 0.670. The van der Waals surface area contributed by atoms with Gasteiger partial charge in [0.05, 0.1) is 5.41 Å². The number of halogens is 1. The third kappa shape index (κ3) is 4.48. The minimum Gasteiger partial charge on any atom is -0.455 e. The molecule has 0 N–H and O–H groups in total. The van der Waals surface area contributed by atoms with Crippen LogP contribution in [0.1, 0.15) is 22.3 Å². The molecule has 2 nitrogen and oxygen atoms in total. The summed E-state index contributed by atoms with van der Waals surface area (Å²) in [5.41, 5.74) is 14.4. The van der Waals surface area contributed by atoms with Gasteiger partial charge in [-0.05, 0) is 93.5 Å². The molecule has 0 unspecified atom stereocenters. The first-order valence-electron chi connectivity index (χ1n) is 17.9. The molecular formula is C49H30ClNOS. The molecular weight excluding hydrogens is 686 g/mol. The number of fused-ring (bicyclic) bond motifs is 12. The van der Waals surface area contributed by atoms with Crippen LogP contribution in [-0.2, 0) is 5.41 Å². The fourth-order valence-corrected chi connectivity index (χ4v) is 10.3. The van der Waals surface area contributed by atoms with Gasteiger partial charge in [-0.3, -0.25) is 0 Å². The zero-order valence-corrected chi connectivity index (χ0v) is 30.0. The van der Waals surface area contributed by atoms with Gasteiger partial charge in [0.2, 0.25) is 0 Å². The van der Waals surface area contributed by atoms with E-state index < -0.39 is 5.41 Å². The Morgan fingerprint density at radius 1 is 0.453 bits per heavy atom. The lowest BCUT2D eigenvalue weighted by Crippen LogP contribution is -2.32. The van der Waals surface area contributed by atoms with Gasteiger partial charge in [0.15, 0.2) is 0 Å². The number of nitrogens with zero attached hydrogens (tertiary/aromatic N) is 1. The van der Waals surface area contributed by atoms with Gasteiger partial charge >= 0.3 is 0 Å². The van der Waals surface area contributed by atoms with E-state index in [1.54, 1.807) is 0 Å². The maximum Gasteiger partial charge on any atom is 0.143 e. The SMILES string of the molecule is Clc1ccc2c(c1)Sc1cc(N(c3ccccc3)c3cc(-c4ccccc4)c4oc5ccccc5c4c3)ccc1C21c2ccccc2-c2ccccc21. The number of rotatable bonds is 4. The molecule has 0 bridgehead atoms. The smallest absolute Gasteiger partial charge is 0.143 e. The Bertz CT molecular complexity index is 2850. The summed E-state index contributed by atoms with van der Waals surface area (Å²) in [7, 11) is 0. The molecule has 1 aliphatic carbocycles. The van der Waals surface area contributed by atoms with Crippen LogP contribution >= 0.6 is 23.4 Å². The van der Waals surface area contributed by atoms with Crippen molar-refractivity contribution < 1.29 is 4.42 Å². The number of benzene rings is 8. The van der Waals surface area contributed by atoms with Crippen molar-refractivity contribution in [2.75, 3.05) is 4.90 Å². The standard InChI is InChI=1S/C49H30ClNOS/c50-32-23-25-43-46(27-32)53-47-30-34(24-26-44(47)49(43)41-20-10-7-17-36(41)37-18-8-11-21-42(37)49)51(33-15-5-2-6-16-33)35-28-39(31-13-3-1-4-14-31)48-40(29-35)38-19-9-12-22-45(38)52-48/h1-30H. The molecule has 0 saturated carbocycles. The van der Waals surface area contributed by atoms with Crippen molar-refractivity contribution in [1.29, 1.82) is 0 Å². The fourth-order valence-electron chi connectivity index (χ4n) is 8.81. The lowest BCUT2D eigenvalue weighted by atomic mass is 9.67. The first-order valence-corrected chi connectivity index (χ1v) is 19.1. The van der Waals surface area contributed by atoms with Crippen molar-refractivity contribution in [2.24, 2.45) is 0 Å². The molecule has 0 fully saturated rings. The van der Waals surface area contributed by atoms with E-state index in [4.69, 9.17) is 16.0 Å². The summed E-state index contributed by atoms with van der Waals surface area (Å²) >= 11 is 8.57. The van der Waals surface area contributed by atoms with Crippen LogP contribution in [-0.4, -0.2) is 0 Å². The average Bonchev–Trinajstić information content (AvgIpc) is 3.73. The van der Waals surface area contributed by atoms with Gasteiger partial charge in [0.25, 0.3) is 0 Å². The zero-order valence-electron chi connectivity index (χ0n) is 28.5. The summed E-state index contributed by atoms with van der Waals surface area (Å²) in [5.74, 6) is 0. The number of furan rings is 1. The van der Waals surface area contributed by atoms with E-state index in [2.05, 4.69) is 175 Å². The van der Waals surface area contributed by atoms with E-state index in [0.29, 0.717) is 0 Å². The second kappa shape index (κ2) is 11.8. The minimum absolute atomic E-state index is 0.473. The number of hydrogen-bond acceptors (Lipinski definition) is 3. The van der Waals surface area contributed by atoms with Crippen LogP contribution in [0, 0.1) is 0 Å². The van der Waals surface area contributed by atoms with Crippen LogP contribution in [0.4, 0.5) is 17.1 Å². The fraction of sp³-hybridized carbons (Fsp3) is 0.0204. The molecule has 4 heteroatoms. The number of para-hydroxylation sites is 2. The average molecular weight is 716 g/mol. The molecule has 0 radical (unpaired) electrons. The van der Waals surface area contributed by atoms with Crippen LogP contribution in [0.5, 0.6) is 0 Å². The van der Waals surface area contributed by atoms with Gasteiger partial charge in [-0.1, -0.05) is 151 Å². The molecule has 1 aromatic heterocycles. The van der Waals surface area contributed by atoms with Crippen LogP contribution in [0.3, 0.4) is 0 Å². The molecule has 0 amide bonds. The van der Waals surface area contributed by atoms with Gasteiger partial charge in [-0.25, -0.2) is 0 Å². The summed E-state index contributed by atoms with van der Waals surface area (Å²) in [5, 5.41) is 2.93. The highest BCUT2D eigenvalue weighted by atomic mass is 35.5. The first-order chi connectivity index (χ1) is 26.2. The molecule has 250 valence electrons. The Morgan fingerprint density at radius 3 is 1.83 bits per heavy atom. The van der Waals surface area contributed by atoms with Crippen LogP contribution in [0.2, 0.25) is 5.02 Å². The predicted octanol–water partition coefficient (Wildman–Crippen LogP) is 14.2. The molecule has 9 aromatic rings. The van der Waals surface area contributed by atoms with Crippen molar-refractivity contribution in [3.05, 3.63) is 209 Å². The third-order valence-corrected chi connectivity index (χ3v) is 12.3.